The normalized spacial score (nSPS) is 11.2. The lowest BCUT2D eigenvalue weighted by molar-refractivity contribution is -0.119. The molecule has 1 amide bonds. The van der Waals surface area contributed by atoms with Crippen LogP contribution in [0.4, 0.5) is 14.5 Å². The molecule has 0 aromatic heterocycles. The lowest BCUT2D eigenvalue weighted by Crippen LogP contribution is -2.43. The van der Waals surface area contributed by atoms with Crippen LogP contribution in [0.3, 0.4) is 0 Å². The van der Waals surface area contributed by atoms with Crippen LogP contribution in [0.1, 0.15) is 16.7 Å². The van der Waals surface area contributed by atoms with Crippen molar-refractivity contribution in [1.29, 1.82) is 5.26 Å². The van der Waals surface area contributed by atoms with Gasteiger partial charge in [-0.1, -0.05) is 0 Å². The van der Waals surface area contributed by atoms with E-state index >= 15 is 0 Å². The SMILES string of the molecule is Cc1cc(N(C)C(=O)[C@@H](N)Cc2cc(F)cc(F)c2)ccc1C#N.S. The maximum atomic E-state index is 13.2. The fraction of sp³-hybridized carbons (Fsp3) is 0.222. The predicted octanol–water partition coefficient (Wildman–Crippen LogP) is 2.79. The Bertz CT molecular complexity index is 800. The Morgan fingerprint density at radius 3 is 2.36 bits per heavy atom. The van der Waals surface area contributed by atoms with Gasteiger partial charge in [-0.2, -0.15) is 18.8 Å². The highest BCUT2D eigenvalue weighted by Gasteiger charge is 2.20. The molecule has 0 unspecified atom stereocenters. The molecule has 2 aromatic carbocycles. The molecule has 25 heavy (non-hydrogen) atoms. The molecule has 0 saturated carbocycles. The van der Waals surface area contributed by atoms with Crippen molar-refractivity contribution in [1.82, 2.24) is 0 Å². The van der Waals surface area contributed by atoms with Crippen LogP contribution in [0, 0.1) is 29.9 Å². The van der Waals surface area contributed by atoms with Crippen LogP contribution in [0.15, 0.2) is 36.4 Å². The van der Waals surface area contributed by atoms with Crippen LogP contribution in [-0.4, -0.2) is 19.0 Å². The number of nitriles is 1. The number of anilines is 1. The van der Waals surface area contributed by atoms with Crippen LogP contribution >= 0.6 is 13.5 Å². The number of carbonyl (C=O) groups excluding carboxylic acids is 1. The van der Waals surface area contributed by atoms with Crippen molar-refractivity contribution in [3.05, 3.63) is 64.7 Å². The number of hydrogen-bond donors (Lipinski definition) is 1. The first-order chi connectivity index (χ1) is 11.3. The number of amides is 1. The maximum absolute atomic E-state index is 13.2. The molecule has 0 bridgehead atoms. The van der Waals surface area contributed by atoms with Gasteiger partial charge in [-0.05, 0) is 54.8 Å². The molecule has 2 aromatic rings. The van der Waals surface area contributed by atoms with Gasteiger partial charge in [-0.25, -0.2) is 8.78 Å². The summed E-state index contributed by atoms with van der Waals surface area (Å²) in [5.74, 6) is -1.80. The molecule has 0 aliphatic rings. The van der Waals surface area contributed by atoms with Crippen LogP contribution in [0.5, 0.6) is 0 Å². The topological polar surface area (TPSA) is 70.1 Å². The van der Waals surface area contributed by atoms with Crippen molar-refractivity contribution < 1.29 is 13.6 Å². The van der Waals surface area contributed by atoms with E-state index in [0.717, 1.165) is 23.8 Å². The molecule has 0 heterocycles. The third kappa shape index (κ3) is 5.02. The molecule has 7 heteroatoms. The summed E-state index contributed by atoms with van der Waals surface area (Å²) in [7, 11) is 1.56. The van der Waals surface area contributed by atoms with Crippen LogP contribution < -0.4 is 10.6 Å². The summed E-state index contributed by atoms with van der Waals surface area (Å²) in [5.41, 5.74) is 8.08. The molecule has 2 rings (SSSR count). The lowest BCUT2D eigenvalue weighted by Gasteiger charge is -2.22. The number of carbonyl (C=O) groups is 1. The third-order valence-corrected chi connectivity index (χ3v) is 3.74. The van der Waals surface area contributed by atoms with E-state index in [9.17, 15) is 13.6 Å². The average Bonchev–Trinajstić information content (AvgIpc) is 2.52. The van der Waals surface area contributed by atoms with E-state index in [4.69, 9.17) is 11.0 Å². The zero-order valence-corrected chi connectivity index (χ0v) is 14.9. The van der Waals surface area contributed by atoms with Gasteiger partial charge in [0.25, 0.3) is 0 Å². The summed E-state index contributed by atoms with van der Waals surface area (Å²) in [6.45, 7) is 1.77. The third-order valence-electron chi connectivity index (χ3n) is 3.74. The van der Waals surface area contributed by atoms with Crippen molar-refractivity contribution >= 4 is 25.1 Å². The summed E-state index contributed by atoms with van der Waals surface area (Å²) in [6.07, 6.45) is 0.0209. The molecule has 0 fully saturated rings. The Balaban J connectivity index is 0.00000312. The van der Waals surface area contributed by atoms with Crippen molar-refractivity contribution in [2.24, 2.45) is 5.73 Å². The Hall–Kier alpha value is -2.43. The Labute approximate surface area is 152 Å². The minimum atomic E-state index is -0.938. The van der Waals surface area contributed by atoms with E-state index in [1.54, 1.807) is 32.2 Å². The molecular weight excluding hydrogens is 344 g/mol. The van der Waals surface area contributed by atoms with Crippen molar-refractivity contribution in [2.75, 3.05) is 11.9 Å². The van der Waals surface area contributed by atoms with Gasteiger partial charge in [-0.15, -0.1) is 0 Å². The van der Waals surface area contributed by atoms with E-state index in [1.807, 2.05) is 0 Å². The molecule has 0 spiro atoms. The summed E-state index contributed by atoms with van der Waals surface area (Å²) in [5, 5.41) is 8.94. The molecule has 0 aliphatic carbocycles. The van der Waals surface area contributed by atoms with Gasteiger partial charge in [0.15, 0.2) is 0 Å². The fourth-order valence-corrected chi connectivity index (χ4v) is 2.43. The van der Waals surface area contributed by atoms with Crippen LogP contribution in [-0.2, 0) is 11.2 Å². The minimum Gasteiger partial charge on any atom is -0.320 e. The number of likely N-dealkylation sites (N-methyl/N-ethyl adjacent to an activating group) is 1. The molecule has 1 atom stereocenters. The molecule has 2 N–H and O–H groups in total. The predicted molar refractivity (Wildman–Crippen MR) is 97.7 cm³/mol. The number of benzene rings is 2. The molecule has 4 nitrogen and oxygen atoms in total. The monoisotopic (exact) mass is 363 g/mol. The van der Waals surface area contributed by atoms with Gasteiger partial charge in [-0.3, -0.25) is 4.79 Å². The summed E-state index contributed by atoms with van der Waals surface area (Å²) < 4.78 is 26.4. The number of aryl methyl sites for hydroxylation is 1. The second-order valence-corrected chi connectivity index (χ2v) is 5.60. The molecule has 132 valence electrons. The maximum Gasteiger partial charge on any atom is 0.243 e. The highest BCUT2D eigenvalue weighted by atomic mass is 32.1. The van der Waals surface area contributed by atoms with Crippen molar-refractivity contribution in [2.45, 2.75) is 19.4 Å². The lowest BCUT2D eigenvalue weighted by atomic mass is 10.0. The van der Waals surface area contributed by atoms with Crippen molar-refractivity contribution in [3.63, 3.8) is 0 Å². The first-order valence-electron chi connectivity index (χ1n) is 7.30. The van der Waals surface area contributed by atoms with E-state index in [1.165, 1.54) is 4.90 Å². The van der Waals surface area contributed by atoms with Gasteiger partial charge in [0.1, 0.15) is 11.6 Å². The second kappa shape index (κ2) is 8.60. The highest BCUT2D eigenvalue weighted by molar-refractivity contribution is 7.59. The largest absolute Gasteiger partial charge is 0.320 e. The minimum absolute atomic E-state index is 0. The molecule has 0 radical (unpaired) electrons. The van der Waals surface area contributed by atoms with Crippen LogP contribution in [0.25, 0.3) is 0 Å². The number of nitrogens with two attached hydrogens (primary N) is 1. The quantitative estimate of drug-likeness (QED) is 0.908. The summed E-state index contributed by atoms with van der Waals surface area (Å²) >= 11 is 0. The Kier molecular flexibility index (Phi) is 7.09. The molecule has 0 aliphatic heterocycles. The van der Waals surface area contributed by atoms with Gasteiger partial charge < -0.3 is 10.6 Å². The van der Waals surface area contributed by atoms with Crippen LogP contribution in [0.2, 0.25) is 0 Å². The van der Waals surface area contributed by atoms with Gasteiger partial charge >= 0.3 is 0 Å². The van der Waals surface area contributed by atoms with E-state index in [-0.39, 0.29) is 25.8 Å². The van der Waals surface area contributed by atoms with E-state index < -0.39 is 17.7 Å². The van der Waals surface area contributed by atoms with Crippen molar-refractivity contribution in [3.8, 4) is 6.07 Å². The standard InChI is InChI=1S/C18H17F2N3O.H2S/c1-11-5-16(4-3-13(11)10-21)23(2)18(24)17(22)8-12-6-14(19)9-15(20)7-12;/h3-7,9,17H,8,22H2,1-2H3;1H2/t17-;/m0./s1. The van der Waals surface area contributed by atoms with E-state index in [2.05, 4.69) is 6.07 Å². The zero-order valence-electron chi connectivity index (χ0n) is 13.9. The van der Waals surface area contributed by atoms with Gasteiger partial charge in [0.05, 0.1) is 17.7 Å². The first-order valence-corrected chi connectivity index (χ1v) is 7.30. The van der Waals surface area contributed by atoms with E-state index in [0.29, 0.717) is 16.8 Å². The first kappa shape index (κ1) is 20.6. The number of nitrogens with zero attached hydrogens (tertiary/aromatic N) is 2. The molecule has 0 saturated heterocycles. The average molecular weight is 363 g/mol. The Morgan fingerprint density at radius 1 is 1.24 bits per heavy atom. The second-order valence-electron chi connectivity index (χ2n) is 5.60. The highest BCUT2D eigenvalue weighted by Crippen LogP contribution is 2.19. The number of rotatable bonds is 4. The van der Waals surface area contributed by atoms with Gasteiger partial charge in [0.2, 0.25) is 5.91 Å². The number of hydrogen-bond acceptors (Lipinski definition) is 3. The Morgan fingerprint density at radius 2 is 1.84 bits per heavy atom. The van der Waals surface area contributed by atoms with Gasteiger partial charge in [0, 0.05) is 18.8 Å². The smallest absolute Gasteiger partial charge is 0.243 e. The summed E-state index contributed by atoms with van der Waals surface area (Å²) in [4.78, 5) is 13.8. The zero-order chi connectivity index (χ0) is 17.9. The fourth-order valence-electron chi connectivity index (χ4n) is 2.43. The summed E-state index contributed by atoms with van der Waals surface area (Å²) in [6, 6.07) is 9.19. The number of halogens is 2. The molecular formula is C18H19F2N3OS.